The van der Waals surface area contributed by atoms with Crippen LogP contribution in [0.4, 0.5) is 0 Å². The molecular formula is C15H20N2O3S2. The van der Waals surface area contributed by atoms with E-state index < -0.39 is 10.0 Å². The van der Waals surface area contributed by atoms with Gasteiger partial charge in [0.25, 0.3) is 10.0 Å². The van der Waals surface area contributed by atoms with E-state index in [4.69, 9.17) is 12.2 Å². The van der Waals surface area contributed by atoms with Gasteiger partial charge in [0.2, 0.25) is 0 Å². The smallest absolute Gasteiger partial charge is 0.263 e. The average Bonchev–Trinajstić information content (AvgIpc) is 2.47. The van der Waals surface area contributed by atoms with Crippen molar-refractivity contribution in [3.05, 3.63) is 29.8 Å². The predicted octanol–water partition coefficient (Wildman–Crippen LogP) is 2.37. The Morgan fingerprint density at radius 2 is 1.73 bits per heavy atom. The molecule has 0 aliphatic heterocycles. The molecule has 2 N–H and O–H groups in total. The zero-order valence-electron chi connectivity index (χ0n) is 12.5. The second-order valence-electron chi connectivity index (χ2n) is 5.49. The topological polar surface area (TPSA) is 75.3 Å². The number of thiocarbonyl (C=S) groups is 1. The highest BCUT2D eigenvalue weighted by Gasteiger charge is 2.19. The maximum atomic E-state index is 12.2. The van der Waals surface area contributed by atoms with Crippen molar-refractivity contribution in [2.45, 2.75) is 50.0 Å². The van der Waals surface area contributed by atoms with Gasteiger partial charge in [-0.25, -0.2) is 8.42 Å². The number of nitrogens with one attached hydrogen (secondary N) is 2. The molecule has 0 heterocycles. The number of ketones is 1. The molecule has 2 rings (SSSR count). The molecule has 0 amide bonds. The lowest BCUT2D eigenvalue weighted by molar-refractivity contribution is 0.101. The number of hydrogen-bond donors (Lipinski definition) is 2. The van der Waals surface area contributed by atoms with Crippen molar-refractivity contribution in [2.24, 2.45) is 0 Å². The van der Waals surface area contributed by atoms with Crippen LogP contribution < -0.4 is 10.0 Å². The van der Waals surface area contributed by atoms with Crippen LogP contribution in [-0.4, -0.2) is 25.4 Å². The third kappa shape index (κ3) is 4.51. The minimum Gasteiger partial charge on any atom is -0.359 e. The summed E-state index contributed by atoms with van der Waals surface area (Å²) in [5.41, 5.74) is 0.474. The van der Waals surface area contributed by atoms with Gasteiger partial charge in [-0.15, -0.1) is 0 Å². The minimum atomic E-state index is -3.72. The van der Waals surface area contributed by atoms with Crippen LogP contribution in [0.5, 0.6) is 0 Å². The summed E-state index contributed by atoms with van der Waals surface area (Å²) in [4.78, 5) is 11.3. The van der Waals surface area contributed by atoms with E-state index in [-0.39, 0.29) is 21.8 Å². The summed E-state index contributed by atoms with van der Waals surface area (Å²) >= 11 is 5.09. The van der Waals surface area contributed by atoms with Crippen LogP contribution in [-0.2, 0) is 10.0 Å². The van der Waals surface area contributed by atoms with Crippen molar-refractivity contribution in [1.82, 2.24) is 10.0 Å². The molecule has 1 aliphatic rings. The van der Waals surface area contributed by atoms with E-state index in [1.807, 2.05) is 0 Å². The normalized spacial score (nSPS) is 16.0. The molecule has 0 aromatic heterocycles. The Hall–Kier alpha value is -1.47. The van der Waals surface area contributed by atoms with E-state index in [0.29, 0.717) is 5.56 Å². The van der Waals surface area contributed by atoms with Crippen LogP contribution in [0.3, 0.4) is 0 Å². The van der Waals surface area contributed by atoms with Gasteiger partial charge in [-0.1, -0.05) is 31.4 Å². The highest BCUT2D eigenvalue weighted by molar-refractivity contribution is 7.91. The Balaban J connectivity index is 2.00. The van der Waals surface area contributed by atoms with Crippen molar-refractivity contribution in [3.8, 4) is 0 Å². The fourth-order valence-corrected chi connectivity index (χ4v) is 3.92. The van der Waals surface area contributed by atoms with Crippen LogP contribution in [0.1, 0.15) is 49.4 Å². The fourth-order valence-electron chi connectivity index (χ4n) is 2.51. The van der Waals surface area contributed by atoms with Gasteiger partial charge in [0.1, 0.15) is 0 Å². The van der Waals surface area contributed by atoms with Gasteiger partial charge in [-0.05, 0) is 44.1 Å². The molecule has 1 aliphatic carbocycles. The van der Waals surface area contributed by atoms with Crippen molar-refractivity contribution in [1.29, 1.82) is 0 Å². The van der Waals surface area contributed by atoms with E-state index in [2.05, 4.69) is 10.0 Å². The molecule has 0 radical (unpaired) electrons. The van der Waals surface area contributed by atoms with Gasteiger partial charge in [0.15, 0.2) is 10.9 Å². The maximum Gasteiger partial charge on any atom is 0.263 e. The summed E-state index contributed by atoms with van der Waals surface area (Å²) in [6.07, 6.45) is 5.52. The molecule has 1 aromatic carbocycles. The number of benzene rings is 1. The number of carbonyl (C=O) groups is 1. The molecule has 0 saturated heterocycles. The summed E-state index contributed by atoms with van der Waals surface area (Å²) < 4.78 is 26.9. The summed E-state index contributed by atoms with van der Waals surface area (Å²) in [5.74, 6) is -0.105. The van der Waals surface area contributed by atoms with Crippen LogP contribution in [0.15, 0.2) is 29.2 Å². The monoisotopic (exact) mass is 340 g/mol. The molecule has 0 bridgehead atoms. The van der Waals surface area contributed by atoms with Gasteiger partial charge < -0.3 is 5.32 Å². The maximum absolute atomic E-state index is 12.2. The highest BCUT2D eigenvalue weighted by atomic mass is 32.2. The van der Waals surface area contributed by atoms with Crippen LogP contribution >= 0.6 is 12.2 Å². The van der Waals surface area contributed by atoms with Crippen molar-refractivity contribution >= 4 is 33.1 Å². The van der Waals surface area contributed by atoms with Gasteiger partial charge in [0, 0.05) is 11.6 Å². The highest BCUT2D eigenvalue weighted by Crippen LogP contribution is 2.17. The van der Waals surface area contributed by atoms with Gasteiger partial charge >= 0.3 is 0 Å². The van der Waals surface area contributed by atoms with Crippen LogP contribution in [0, 0.1) is 0 Å². The number of hydrogen-bond acceptors (Lipinski definition) is 4. The lowest BCUT2D eigenvalue weighted by Gasteiger charge is -2.24. The number of sulfonamides is 1. The second kappa shape index (κ2) is 7.19. The predicted molar refractivity (Wildman–Crippen MR) is 89.4 cm³/mol. The largest absolute Gasteiger partial charge is 0.359 e. The summed E-state index contributed by atoms with van der Waals surface area (Å²) in [5, 5.41) is 3.19. The first-order valence-electron chi connectivity index (χ1n) is 7.33. The number of carbonyl (C=O) groups excluding carboxylic acids is 1. The van der Waals surface area contributed by atoms with Gasteiger partial charge in [0.05, 0.1) is 4.90 Å². The number of Topliss-reactive ketones (excluding diaryl/α,β-unsaturated/α-hetero) is 1. The third-order valence-electron chi connectivity index (χ3n) is 3.74. The van der Waals surface area contributed by atoms with Crippen molar-refractivity contribution in [2.75, 3.05) is 0 Å². The summed E-state index contributed by atoms with van der Waals surface area (Å²) in [6.45, 7) is 1.44. The first-order valence-corrected chi connectivity index (χ1v) is 9.22. The van der Waals surface area contributed by atoms with E-state index >= 15 is 0 Å². The molecule has 22 heavy (non-hydrogen) atoms. The molecule has 1 aromatic rings. The Morgan fingerprint density at radius 1 is 1.14 bits per heavy atom. The van der Waals surface area contributed by atoms with E-state index in [1.54, 1.807) is 0 Å². The zero-order valence-corrected chi connectivity index (χ0v) is 14.1. The Bertz CT molecular complexity index is 648. The molecule has 1 fully saturated rings. The Kier molecular flexibility index (Phi) is 5.52. The standard InChI is InChI=1S/C15H20N2O3S2/c1-11(18)12-7-9-14(10-8-12)22(19,20)17-15(21)16-13-5-3-2-4-6-13/h7-10,13H,2-6H2,1H3,(H2,16,17,21). The van der Waals surface area contributed by atoms with E-state index in [0.717, 1.165) is 25.7 Å². The first-order chi connectivity index (χ1) is 10.4. The molecule has 5 nitrogen and oxygen atoms in total. The van der Waals surface area contributed by atoms with Crippen molar-refractivity contribution in [3.63, 3.8) is 0 Å². The quantitative estimate of drug-likeness (QED) is 0.650. The Morgan fingerprint density at radius 3 is 2.27 bits per heavy atom. The summed E-state index contributed by atoms with van der Waals surface area (Å²) in [7, 11) is -3.72. The number of rotatable bonds is 4. The molecule has 120 valence electrons. The van der Waals surface area contributed by atoms with E-state index in [9.17, 15) is 13.2 Å². The first kappa shape index (κ1) is 16.9. The molecule has 7 heteroatoms. The van der Waals surface area contributed by atoms with Gasteiger partial charge in [-0.3, -0.25) is 9.52 Å². The molecule has 0 spiro atoms. The molecule has 0 unspecified atom stereocenters. The lowest BCUT2D eigenvalue weighted by atomic mass is 9.96. The van der Waals surface area contributed by atoms with Gasteiger partial charge in [-0.2, -0.15) is 0 Å². The lowest BCUT2D eigenvalue weighted by Crippen LogP contribution is -2.44. The van der Waals surface area contributed by atoms with Crippen LogP contribution in [0.2, 0.25) is 0 Å². The minimum absolute atomic E-state index is 0.0882. The fraction of sp³-hybridized carbons (Fsp3) is 0.467. The third-order valence-corrected chi connectivity index (χ3v) is 5.45. The van der Waals surface area contributed by atoms with E-state index in [1.165, 1.54) is 37.6 Å². The second-order valence-corrected chi connectivity index (χ2v) is 7.59. The molecular weight excluding hydrogens is 320 g/mol. The Labute approximate surface area is 136 Å². The average molecular weight is 340 g/mol. The SMILES string of the molecule is CC(=O)c1ccc(S(=O)(=O)NC(=S)NC2CCCCC2)cc1. The summed E-state index contributed by atoms with van der Waals surface area (Å²) in [6, 6.07) is 6.04. The molecule has 1 saturated carbocycles. The zero-order chi connectivity index (χ0) is 16.2. The molecule has 0 atom stereocenters. The van der Waals surface area contributed by atoms with Crippen LogP contribution in [0.25, 0.3) is 0 Å². The van der Waals surface area contributed by atoms with Crippen molar-refractivity contribution < 1.29 is 13.2 Å².